The zero-order valence-electron chi connectivity index (χ0n) is 19.6. The van der Waals surface area contributed by atoms with E-state index in [9.17, 15) is 19.5 Å². The molecule has 0 aromatic carbocycles. The van der Waals surface area contributed by atoms with Crippen molar-refractivity contribution < 1.29 is 38.1 Å². The van der Waals surface area contributed by atoms with Crippen molar-refractivity contribution >= 4 is 17.9 Å². The van der Waals surface area contributed by atoms with Gasteiger partial charge < -0.3 is 19.3 Å². The van der Waals surface area contributed by atoms with Crippen molar-refractivity contribution in [1.82, 2.24) is 0 Å². The van der Waals surface area contributed by atoms with Gasteiger partial charge in [0.15, 0.2) is 11.9 Å². The standard InChI is InChI=1S/C25H33FO7/c1-14(20(28)21(29)31-4)32-22(30)33-19-8-7-17-18-6-5-15-13-16(27)9-10-24(15,3)25(18,26)12-11-23(17,19)2/h9-10,13-14,17-20,28H,5-8,11-12H2,1-4H3/t14?,17-,18-,19+,20?,23-,24-,25+/m0/s1. The van der Waals surface area contributed by atoms with Crippen LogP contribution in [0.4, 0.5) is 9.18 Å². The maximum Gasteiger partial charge on any atom is 0.508 e. The van der Waals surface area contributed by atoms with Gasteiger partial charge in [-0.3, -0.25) is 4.79 Å². The minimum atomic E-state index is -1.60. The molecule has 0 saturated heterocycles. The molecule has 8 atom stereocenters. The maximum absolute atomic E-state index is 16.8. The van der Waals surface area contributed by atoms with Gasteiger partial charge in [-0.1, -0.05) is 18.6 Å². The van der Waals surface area contributed by atoms with E-state index in [4.69, 9.17) is 9.47 Å². The molecule has 0 radical (unpaired) electrons. The number of ether oxygens (including phenoxy) is 3. The maximum atomic E-state index is 16.8. The summed E-state index contributed by atoms with van der Waals surface area (Å²) in [6.07, 6.45) is 4.30. The molecule has 0 spiro atoms. The van der Waals surface area contributed by atoms with Crippen molar-refractivity contribution in [2.75, 3.05) is 7.11 Å². The summed E-state index contributed by atoms with van der Waals surface area (Å²) in [5.74, 6) is -1.13. The summed E-state index contributed by atoms with van der Waals surface area (Å²) in [6.45, 7) is 5.35. The molecule has 0 aromatic heterocycles. The first kappa shape index (κ1) is 23.9. The molecule has 0 aliphatic heterocycles. The smallest absolute Gasteiger partial charge is 0.467 e. The Balaban J connectivity index is 1.48. The first-order chi connectivity index (χ1) is 15.5. The van der Waals surface area contributed by atoms with Gasteiger partial charge in [0.2, 0.25) is 0 Å². The number of carbonyl (C=O) groups is 3. The number of aliphatic hydroxyl groups is 1. The molecular formula is C25H33FO7. The van der Waals surface area contributed by atoms with Crippen LogP contribution in [0.2, 0.25) is 0 Å². The Kier molecular flexibility index (Phi) is 5.96. The van der Waals surface area contributed by atoms with Crippen LogP contribution in [0.25, 0.3) is 0 Å². The number of fused-ring (bicyclic) bond motifs is 5. The number of allylic oxidation sites excluding steroid dienone is 4. The van der Waals surface area contributed by atoms with Crippen molar-refractivity contribution in [3.8, 4) is 0 Å². The van der Waals surface area contributed by atoms with Gasteiger partial charge >= 0.3 is 12.1 Å². The van der Waals surface area contributed by atoms with Crippen molar-refractivity contribution in [1.29, 1.82) is 0 Å². The molecule has 8 heteroatoms. The van der Waals surface area contributed by atoms with Gasteiger partial charge in [-0.2, -0.15) is 0 Å². The second kappa shape index (κ2) is 8.22. The minimum Gasteiger partial charge on any atom is -0.467 e. The number of hydrogen-bond donors (Lipinski definition) is 1. The van der Waals surface area contributed by atoms with Crippen LogP contribution in [0.3, 0.4) is 0 Å². The molecule has 7 nitrogen and oxygen atoms in total. The van der Waals surface area contributed by atoms with E-state index in [-0.39, 0.29) is 17.6 Å². The fourth-order valence-corrected chi connectivity index (χ4v) is 6.91. The lowest BCUT2D eigenvalue weighted by Gasteiger charge is -2.60. The van der Waals surface area contributed by atoms with Crippen LogP contribution < -0.4 is 0 Å². The van der Waals surface area contributed by atoms with Crippen LogP contribution in [0.15, 0.2) is 23.8 Å². The van der Waals surface area contributed by atoms with E-state index in [1.807, 2.05) is 6.92 Å². The van der Waals surface area contributed by atoms with Gasteiger partial charge in [-0.15, -0.1) is 0 Å². The molecule has 0 aromatic rings. The molecule has 4 aliphatic carbocycles. The average molecular weight is 465 g/mol. The zero-order chi connectivity index (χ0) is 24.2. The molecule has 182 valence electrons. The Bertz CT molecular complexity index is 912. The first-order valence-electron chi connectivity index (χ1n) is 11.7. The van der Waals surface area contributed by atoms with E-state index in [1.54, 1.807) is 12.2 Å². The Morgan fingerprint density at radius 1 is 1.18 bits per heavy atom. The number of hydrogen-bond acceptors (Lipinski definition) is 7. The van der Waals surface area contributed by atoms with Gasteiger partial charge in [0.1, 0.15) is 17.9 Å². The Morgan fingerprint density at radius 2 is 1.91 bits per heavy atom. The number of halogens is 1. The van der Waals surface area contributed by atoms with E-state index in [1.165, 1.54) is 13.0 Å². The van der Waals surface area contributed by atoms with Crippen molar-refractivity contribution in [2.45, 2.75) is 83.3 Å². The Hall–Kier alpha value is -2.22. The number of alkyl halides is 1. The molecular weight excluding hydrogens is 431 g/mol. The average Bonchev–Trinajstić information content (AvgIpc) is 3.09. The molecule has 0 heterocycles. The van der Waals surface area contributed by atoms with Crippen LogP contribution in [0.1, 0.15) is 59.3 Å². The lowest BCUT2D eigenvalue weighted by Crippen LogP contribution is -2.60. The van der Waals surface area contributed by atoms with Gasteiger partial charge in [-0.05, 0) is 76.4 Å². The summed E-state index contributed by atoms with van der Waals surface area (Å²) in [4.78, 5) is 35.8. The van der Waals surface area contributed by atoms with Crippen LogP contribution in [0.5, 0.6) is 0 Å². The number of aliphatic hydroxyl groups excluding tert-OH is 1. The largest absolute Gasteiger partial charge is 0.508 e. The molecule has 0 amide bonds. The predicted octanol–water partition coefficient (Wildman–Crippen LogP) is 3.83. The fraction of sp³-hybridized carbons (Fsp3) is 0.720. The fourth-order valence-electron chi connectivity index (χ4n) is 6.91. The monoisotopic (exact) mass is 464 g/mol. The third kappa shape index (κ3) is 3.61. The van der Waals surface area contributed by atoms with Crippen molar-refractivity contribution in [3.05, 3.63) is 23.8 Å². The van der Waals surface area contributed by atoms with Gasteiger partial charge in [0.05, 0.1) is 7.11 Å². The van der Waals surface area contributed by atoms with Crippen LogP contribution in [-0.4, -0.2) is 54.1 Å². The lowest BCUT2D eigenvalue weighted by molar-refractivity contribution is -0.158. The summed E-state index contributed by atoms with van der Waals surface area (Å²) in [5, 5.41) is 9.85. The second-order valence-electron chi connectivity index (χ2n) is 10.5. The molecule has 2 unspecified atom stereocenters. The van der Waals surface area contributed by atoms with Gasteiger partial charge in [0.25, 0.3) is 0 Å². The minimum absolute atomic E-state index is 0.0385. The highest BCUT2D eigenvalue weighted by Crippen LogP contribution is 2.68. The number of ketones is 1. The lowest BCUT2D eigenvalue weighted by atomic mass is 9.47. The summed E-state index contributed by atoms with van der Waals surface area (Å²) >= 11 is 0. The summed E-state index contributed by atoms with van der Waals surface area (Å²) in [6, 6.07) is 0. The van der Waals surface area contributed by atoms with E-state index < -0.39 is 46.9 Å². The number of carbonyl (C=O) groups excluding carboxylic acids is 3. The topological polar surface area (TPSA) is 99.1 Å². The first-order valence-corrected chi connectivity index (χ1v) is 11.7. The Morgan fingerprint density at radius 3 is 2.61 bits per heavy atom. The second-order valence-corrected chi connectivity index (χ2v) is 10.5. The predicted molar refractivity (Wildman–Crippen MR) is 116 cm³/mol. The third-order valence-electron chi connectivity index (χ3n) is 8.98. The van der Waals surface area contributed by atoms with Crippen molar-refractivity contribution in [2.24, 2.45) is 22.7 Å². The highest BCUT2D eigenvalue weighted by Gasteiger charge is 2.67. The van der Waals surface area contributed by atoms with Crippen LogP contribution in [0, 0.1) is 22.7 Å². The SMILES string of the molecule is COC(=O)C(O)C(C)OC(=O)O[C@@H]1CC[C@H]2[C@@H]3CCC4=CC(=O)C=C[C@]4(C)[C@@]3(F)CC[C@]12C. The van der Waals surface area contributed by atoms with Gasteiger partial charge in [-0.25, -0.2) is 14.0 Å². The number of esters is 1. The summed E-state index contributed by atoms with van der Waals surface area (Å²) in [5.41, 5.74) is -1.75. The van der Waals surface area contributed by atoms with Crippen LogP contribution >= 0.6 is 0 Å². The number of rotatable bonds is 4. The van der Waals surface area contributed by atoms with E-state index >= 15 is 4.39 Å². The van der Waals surface area contributed by atoms with E-state index in [0.717, 1.165) is 19.1 Å². The summed E-state index contributed by atoms with van der Waals surface area (Å²) < 4.78 is 32.1. The molecule has 4 rings (SSSR count). The normalized spacial score (nSPS) is 41.1. The van der Waals surface area contributed by atoms with Gasteiger partial charge in [0, 0.05) is 10.8 Å². The molecule has 3 fully saturated rings. The Labute approximate surface area is 193 Å². The third-order valence-corrected chi connectivity index (χ3v) is 8.98. The summed E-state index contributed by atoms with van der Waals surface area (Å²) in [7, 11) is 1.13. The highest BCUT2D eigenvalue weighted by molar-refractivity contribution is 6.01. The molecule has 0 bridgehead atoms. The quantitative estimate of drug-likeness (QED) is 0.631. The zero-order valence-corrected chi connectivity index (χ0v) is 19.6. The highest BCUT2D eigenvalue weighted by atomic mass is 19.1. The van der Waals surface area contributed by atoms with E-state index in [2.05, 4.69) is 11.7 Å². The van der Waals surface area contributed by atoms with Crippen LogP contribution in [-0.2, 0) is 23.8 Å². The molecule has 4 aliphatic rings. The molecule has 3 saturated carbocycles. The van der Waals surface area contributed by atoms with E-state index in [0.29, 0.717) is 32.1 Å². The number of methoxy groups -OCH3 is 1. The van der Waals surface area contributed by atoms with Crippen molar-refractivity contribution in [3.63, 3.8) is 0 Å². The molecule has 1 N–H and O–H groups in total. The molecule has 33 heavy (non-hydrogen) atoms.